The molecule has 0 saturated heterocycles. The highest BCUT2D eigenvalue weighted by Crippen LogP contribution is 2.37. The maximum atomic E-state index is 13.0. The van der Waals surface area contributed by atoms with Gasteiger partial charge in [-0.25, -0.2) is 17.4 Å². The molecule has 2 heterocycles. The molecule has 0 saturated carbocycles. The van der Waals surface area contributed by atoms with Gasteiger partial charge in [0.05, 0.1) is 15.3 Å². The lowest BCUT2D eigenvalue weighted by atomic mass is 10.1. The molecular weight excluding hydrogens is 344 g/mol. The molecule has 2 aromatic carbocycles. The van der Waals surface area contributed by atoms with Gasteiger partial charge in [0.1, 0.15) is 0 Å². The quantitative estimate of drug-likeness (QED) is 0.554. The van der Waals surface area contributed by atoms with Crippen molar-refractivity contribution in [1.82, 2.24) is 8.96 Å². The van der Waals surface area contributed by atoms with Gasteiger partial charge in [0.25, 0.3) is 10.0 Å². The van der Waals surface area contributed by atoms with Gasteiger partial charge in [-0.2, -0.15) is 0 Å². The van der Waals surface area contributed by atoms with E-state index in [1.807, 2.05) is 12.1 Å². The predicted molar refractivity (Wildman–Crippen MR) is 92.2 cm³/mol. The summed E-state index contributed by atoms with van der Waals surface area (Å²) in [7, 11) is -3.72. The van der Waals surface area contributed by atoms with E-state index in [2.05, 4.69) is 4.98 Å². The lowest BCUT2D eigenvalue weighted by Gasteiger charge is -2.07. The zero-order valence-corrected chi connectivity index (χ0v) is 13.9. The van der Waals surface area contributed by atoms with Gasteiger partial charge < -0.3 is 0 Å². The summed E-state index contributed by atoms with van der Waals surface area (Å²) in [6, 6.07) is 15.5. The van der Waals surface area contributed by atoms with Crippen LogP contribution in [0, 0.1) is 0 Å². The second-order valence-electron chi connectivity index (χ2n) is 5.16. The Labute approximate surface area is 142 Å². The van der Waals surface area contributed by atoms with E-state index in [0.717, 1.165) is 16.7 Å². The molecule has 0 atom stereocenters. The third-order valence-corrected chi connectivity index (χ3v) is 6.24. The standard InChI is InChI=1S/C17H11N2O3S2/c20-17-18-10-16(23-17)14-11-19(15-9-5-4-8-13(14)15)24(21,22)12-6-2-1-3-7-12/h1-11H. The molecule has 0 aliphatic carbocycles. The molecule has 119 valence electrons. The van der Waals surface area contributed by atoms with Gasteiger partial charge in [0.15, 0.2) is 0 Å². The first-order chi connectivity index (χ1) is 11.6. The largest absolute Gasteiger partial charge is 0.326 e. The number of rotatable bonds is 3. The summed E-state index contributed by atoms with van der Waals surface area (Å²) in [5, 5.41) is 11.9. The van der Waals surface area contributed by atoms with E-state index in [1.165, 1.54) is 10.2 Å². The molecule has 4 aromatic rings. The minimum Gasteiger partial charge on any atom is -0.255 e. The SMILES string of the molecule is [O]c1ncc(-c2cn(S(=O)(=O)c3ccccc3)c3ccccc23)s1. The van der Waals surface area contributed by atoms with Crippen LogP contribution in [-0.2, 0) is 15.1 Å². The molecule has 4 rings (SSSR count). The lowest BCUT2D eigenvalue weighted by Crippen LogP contribution is -2.11. The molecule has 7 heteroatoms. The van der Waals surface area contributed by atoms with E-state index >= 15 is 0 Å². The fourth-order valence-electron chi connectivity index (χ4n) is 2.63. The second-order valence-corrected chi connectivity index (χ2v) is 7.97. The van der Waals surface area contributed by atoms with E-state index in [1.54, 1.807) is 48.7 Å². The fraction of sp³-hybridized carbons (Fsp3) is 0. The van der Waals surface area contributed by atoms with Gasteiger partial charge in [-0.05, 0) is 18.2 Å². The van der Waals surface area contributed by atoms with Crippen molar-refractivity contribution in [3.63, 3.8) is 0 Å². The second kappa shape index (κ2) is 5.47. The smallest absolute Gasteiger partial charge is 0.255 e. The Morgan fingerprint density at radius 2 is 1.67 bits per heavy atom. The number of aromatic nitrogens is 2. The van der Waals surface area contributed by atoms with Crippen LogP contribution in [0.4, 0.5) is 0 Å². The summed E-state index contributed by atoms with van der Waals surface area (Å²) in [6.45, 7) is 0. The lowest BCUT2D eigenvalue weighted by molar-refractivity contribution is 0.352. The van der Waals surface area contributed by atoms with Crippen LogP contribution < -0.4 is 0 Å². The highest BCUT2D eigenvalue weighted by atomic mass is 32.2. The number of fused-ring (bicyclic) bond motifs is 1. The molecule has 0 aliphatic heterocycles. The number of nitrogens with zero attached hydrogens (tertiary/aromatic N) is 2. The molecule has 0 amide bonds. The van der Waals surface area contributed by atoms with Crippen LogP contribution in [0.3, 0.4) is 0 Å². The van der Waals surface area contributed by atoms with Crippen LogP contribution in [0.1, 0.15) is 0 Å². The molecule has 2 aromatic heterocycles. The first kappa shape index (κ1) is 14.9. The summed E-state index contributed by atoms with van der Waals surface area (Å²) < 4.78 is 27.2. The van der Waals surface area contributed by atoms with E-state index < -0.39 is 10.0 Å². The zero-order chi connectivity index (χ0) is 16.7. The van der Waals surface area contributed by atoms with Crippen LogP contribution in [0.25, 0.3) is 21.3 Å². The van der Waals surface area contributed by atoms with Gasteiger partial charge in [-0.3, -0.25) is 5.11 Å². The molecule has 0 N–H and O–H groups in total. The van der Waals surface area contributed by atoms with Crippen LogP contribution in [-0.4, -0.2) is 17.4 Å². The van der Waals surface area contributed by atoms with Crippen molar-refractivity contribution in [3.8, 4) is 15.6 Å². The Morgan fingerprint density at radius 1 is 0.958 bits per heavy atom. The van der Waals surface area contributed by atoms with E-state index in [4.69, 9.17) is 0 Å². The van der Waals surface area contributed by atoms with Crippen molar-refractivity contribution >= 4 is 32.3 Å². The minimum absolute atomic E-state index is 0.214. The first-order valence-corrected chi connectivity index (χ1v) is 9.37. The zero-order valence-electron chi connectivity index (χ0n) is 12.3. The average Bonchev–Trinajstić information content (AvgIpc) is 3.19. The van der Waals surface area contributed by atoms with Crippen LogP contribution in [0.15, 0.2) is 71.9 Å². The number of hydrogen-bond acceptors (Lipinski definition) is 4. The van der Waals surface area contributed by atoms with Crippen molar-refractivity contribution in [2.75, 3.05) is 0 Å². The normalized spacial score (nSPS) is 11.8. The van der Waals surface area contributed by atoms with Crippen molar-refractivity contribution in [2.45, 2.75) is 4.90 Å². The monoisotopic (exact) mass is 355 g/mol. The summed E-state index contributed by atoms with van der Waals surface area (Å²) in [4.78, 5) is 4.60. The average molecular weight is 355 g/mol. The molecule has 24 heavy (non-hydrogen) atoms. The third kappa shape index (κ3) is 2.29. The van der Waals surface area contributed by atoms with E-state index in [9.17, 15) is 13.5 Å². The molecule has 5 nitrogen and oxygen atoms in total. The molecule has 0 bridgehead atoms. The van der Waals surface area contributed by atoms with Crippen molar-refractivity contribution in [1.29, 1.82) is 0 Å². The summed E-state index contributed by atoms with van der Waals surface area (Å²) >= 11 is 1.00. The molecule has 0 unspecified atom stereocenters. The fourth-order valence-corrected chi connectivity index (χ4v) is 4.70. The van der Waals surface area contributed by atoms with Crippen LogP contribution >= 0.6 is 11.3 Å². The van der Waals surface area contributed by atoms with E-state index in [-0.39, 0.29) is 10.1 Å². The van der Waals surface area contributed by atoms with Crippen molar-refractivity contribution in [2.24, 2.45) is 0 Å². The van der Waals surface area contributed by atoms with Crippen molar-refractivity contribution < 1.29 is 13.5 Å². The minimum atomic E-state index is -3.72. The molecule has 1 radical (unpaired) electrons. The number of thiazole rings is 1. The molecule has 0 spiro atoms. The maximum Gasteiger partial charge on any atom is 0.326 e. The van der Waals surface area contributed by atoms with Gasteiger partial charge in [-0.15, -0.1) is 0 Å². The Hall–Kier alpha value is -2.64. The maximum absolute atomic E-state index is 13.0. The van der Waals surface area contributed by atoms with E-state index in [0.29, 0.717) is 16.0 Å². The van der Waals surface area contributed by atoms with Crippen LogP contribution in [0.5, 0.6) is 5.19 Å². The van der Waals surface area contributed by atoms with Crippen molar-refractivity contribution in [3.05, 3.63) is 67.0 Å². The Kier molecular flexibility index (Phi) is 3.40. The topological polar surface area (TPSA) is 71.9 Å². The predicted octanol–water partition coefficient (Wildman–Crippen LogP) is 4.15. The first-order valence-electron chi connectivity index (χ1n) is 7.11. The van der Waals surface area contributed by atoms with Gasteiger partial charge in [0, 0.05) is 23.3 Å². The molecule has 0 aliphatic rings. The van der Waals surface area contributed by atoms with Gasteiger partial charge >= 0.3 is 5.19 Å². The highest BCUT2D eigenvalue weighted by molar-refractivity contribution is 7.90. The highest BCUT2D eigenvalue weighted by Gasteiger charge is 2.22. The number of benzene rings is 2. The summed E-state index contributed by atoms with van der Waals surface area (Å²) in [5.41, 5.74) is 1.25. The molecule has 0 fully saturated rings. The third-order valence-electron chi connectivity index (χ3n) is 3.73. The molecular formula is C17H11N2O3S2. The summed E-state index contributed by atoms with van der Waals surface area (Å²) in [5.74, 6) is 0. The Balaban J connectivity index is 2.01. The van der Waals surface area contributed by atoms with Gasteiger partial charge in [0.2, 0.25) is 0 Å². The Bertz CT molecular complexity index is 1130. The Morgan fingerprint density at radius 3 is 2.38 bits per heavy atom. The van der Waals surface area contributed by atoms with Gasteiger partial charge in [-0.1, -0.05) is 47.7 Å². The summed E-state index contributed by atoms with van der Waals surface area (Å²) in [6.07, 6.45) is 3.04. The number of para-hydroxylation sites is 1. The number of hydrogen-bond donors (Lipinski definition) is 0. The van der Waals surface area contributed by atoms with Crippen LogP contribution in [0.2, 0.25) is 0 Å².